The minimum atomic E-state index is -3.17. The number of carboxylic acids is 1. The first-order chi connectivity index (χ1) is 7.63. The normalized spacial score (nSPS) is 11.5. The van der Waals surface area contributed by atoms with Crippen LogP contribution in [0.5, 0.6) is 0 Å². The standard InChI is InChI=1S/C10H19NO5S/c1-8(2)11(6-4-10(13)14)9(12)5-7-17(3,15)16/h8H,4-7H2,1-3H3,(H,13,14). The lowest BCUT2D eigenvalue weighted by molar-refractivity contribution is -0.139. The highest BCUT2D eigenvalue weighted by Gasteiger charge is 2.19. The highest BCUT2D eigenvalue weighted by molar-refractivity contribution is 7.90. The van der Waals surface area contributed by atoms with Crippen molar-refractivity contribution in [2.24, 2.45) is 0 Å². The maximum absolute atomic E-state index is 11.7. The van der Waals surface area contributed by atoms with E-state index in [4.69, 9.17) is 5.11 Å². The first kappa shape index (κ1) is 15.9. The molecule has 6 nitrogen and oxygen atoms in total. The predicted molar refractivity (Wildman–Crippen MR) is 63.4 cm³/mol. The summed E-state index contributed by atoms with van der Waals surface area (Å²) in [7, 11) is -3.17. The number of hydrogen-bond donors (Lipinski definition) is 1. The fourth-order valence-corrected chi connectivity index (χ4v) is 1.85. The third kappa shape index (κ3) is 7.73. The van der Waals surface area contributed by atoms with Gasteiger partial charge in [0.1, 0.15) is 9.84 Å². The van der Waals surface area contributed by atoms with Gasteiger partial charge in [-0.1, -0.05) is 0 Å². The molecule has 0 rings (SSSR count). The summed E-state index contributed by atoms with van der Waals surface area (Å²) in [5.41, 5.74) is 0. The van der Waals surface area contributed by atoms with Crippen molar-refractivity contribution < 1.29 is 23.1 Å². The minimum absolute atomic E-state index is 0.101. The molecule has 0 radical (unpaired) electrons. The average molecular weight is 265 g/mol. The molecule has 0 aliphatic carbocycles. The van der Waals surface area contributed by atoms with Gasteiger partial charge >= 0.3 is 5.97 Å². The summed E-state index contributed by atoms with van der Waals surface area (Å²) in [6.07, 6.45) is 0.830. The Morgan fingerprint density at radius 1 is 1.24 bits per heavy atom. The molecule has 100 valence electrons. The number of rotatable bonds is 7. The molecule has 7 heteroatoms. The highest BCUT2D eigenvalue weighted by Crippen LogP contribution is 2.04. The maximum atomic E-state index is 11.7. The van der Waals surface area contributed by atoms with Crippen molar-refractivity contribution in [3.8, 4) is 0 Å². The number of carbonyl (C=O) groups excluding carboxylic acids is 1. The van der Waals surface area contributed by atoms with E-state index in [9.17, 15) is 18.0 Å². The van der Waals surface area contributed by atoms with Crippen molar-refractivity contribution in [2.45, 2.75) is 32.7 Å². The van der Waals surface area contributed by atoms with E-state index in [1.54, 1.807) is 13.8 Å². The molecule has 0 aromatic carbocycles. The molecular weight excluding hydrogens is 246 g/mol. The van der Waals surface area contributed by atoms with Gasteiger partial charge in [-0.3, -0.25) is 9.59 Å². The van der Waals surface area contributed by atoms with Crippen molar-refractivity contribution in [1.29, 1.82) is 0 Å². The summed E-state index contributed by atoms with van der Waals surface area (Å²) in [6, 6.07) is -0.138. The van der Waals surface area contributed by atoms with Crippen LogP contribution in [0.1, 0.15) is 26.7 Å². The van der Waals surface area contributed by atoms with Crippen molar-refractivity contribution in [3.05, 3.63) is 0 Å². The number of amides is 1. The van der Waals surface area contributed by atoms with Crippen molar-refractivity contribution >= 4 is 21.7 Å². The summed E-state index contributed by atoms with van der Waals surface area (Å²) in [5, 5.41) is 8.55. The third-order valence-corrected chi connectivity index (χ3v) is 3.14. The number of carboxylic acid groups (broad SMARTS) is 1. The zero-order valence-corrected chi connectivity index (χ0v) is 11.2. The van der Waals surface area contributed by atoms with Gasteiger partial charge < -0.3 is 10.0 Å². The topological polar surface area (TPSA) is 91.8 Å². The van der Waals surface area contributed by atoms with Crippen LogP contribution in [0.4, 0.5) is 0 Å². The lowest BCUT2D eigenvalue weighted by atomic mass is 10.2. The van der Waals surface area contributed by atoms with Crippen LogP contribution in [0.3, 0.4) is 0 Å². The molecule has 1 N–H and O–H groups in total. The van der Waals surface area contributed by atoms with Gasteiger partial charge in [-0.15, -0.1) is 0 Å². The molecule has 0 aromatic rings. The SMILES string of the molecule is CC(C)N(CCC(=O)O)C(=O)CCS(C)(=O)=O. The smallest absolute Gasteiger partial charge is 0.305 e. The Morgan fingerprint density at radius 2 is 1.76 bits per heavy atom. The number of carbonyl (C=O) groups is 2. The van der Waals surface area contributed by atoms with Gasteiger partial charge in [0.25, 0.3) is 0 Å². The molecule has 0 heterocycles. The summed E-state index contributed by atoms with van der Waals surface area (Å²) < 4.78 is 21.9. The summed E-state index contributed by atoms with van der Waals surface area (Å²) in [5.74, 6) is -1.51. The molecule has 0 atom stereocenters. The van der Waals surface area contributed by atoms with Crippen LogP contribution in [0.15, 0.2) is 0 Å². The van der Waals surface area contributed by atoms with Crippen molar-refractivity contribution in [2.75, 3.05) is 18.6 Å². The van der Waals surface area contributed by atoms with Crippen LogP contribution in [-0.4, -0.2) is 54.9 Å². The molecule has 0 bridgehead atoms. The maximum Gasteiger partial charge on any atom is 0.305 e. The first-order valence-corrected chi connectivity index (χ1v) is 7.38. The second-order valence-corrected chi connectivity index (χ2v) is 6.46. The molecule has 1 amide bonds. The van der Waals surface area contributed by atoms with Gasteiger partial charge in [0, 0.05) is 25.3 Å². The Balaban J connectivity index is 4.40. The van der Waals surface area contributed by atoms with Gasteiger partial charge in [0.2, 0.25) is 5.91 Å². The van der Waals surface area contributed by atoms with Crippen LogP contribution in [0.2, 0.25) is 0 Å². The predicted octanol–water partition coefficient (Wildman–Crippen LogP) is 0.133. The van der Waals surface area contributed by atoms with Gasteiger partial charge in [-0.25, -0.2) is 8.42 Å². The molecule has 0 saturated heterocycles. The minimum Gasteiger partial charge on any atom is -0.481 e. The van der Waals surface area contributed by atoms with Gasteiger partial charge in [0.15, 0.2) is 0 Å². The number of sulfone groups is 1. The zero-order chi connectivity index (χ0) is 13.6. The lowest BCUT2D eigenvalue weighted by Gasteiger charge is -2.26. The Kier molecular flexibility index (Phi) is 6.15. The second kappa shape index (κ2) is 6.58. The van der Waals surface area contributed by atoms with Crippen molar-refractivity contribution in [1.82, 2.24) is 4.90 Å². The molecule has 0 saturated carbocycles. The Hall–Kier alpha value is -1.11. The van der Waals surface area contributed by atoms with E-state index < -0.39 is 15.8 Å². The first-order valence-electron chi connectivity index (χ1n) is 5.32. The van der Waals surface area contributed by atoms with E-state index in [-0.39, 0.29) is 37.1 Å². The van der Waals surface area contributed by atoms with Crippen molar-refractivity contribution in [3.63, 3.8) is 0 Å². The van der Waals surface area contributed by atoms with Crippen LogP contribution in [-0.2, 0) is 19.4 Å². The molecule has 0 fully saturated rings. The van der Waals surface area contributed by atoms with Gasteiger partial charge in [-0.05, 0) is 13.8 Å². The fraction of sp³-hybridized carbons (Fsp3) is 0.800. The van der Waals surface area contributed by atoms with Crippen LogP contribution in [0, 0.1) is 0 Å². The Bertz CT molecular complexity index is 374. The fourth-order valence-electron chi connectivity index (χ4n) is 1.30. The van der Waals surface area contributed by atoms with Crippen LogP contribution >= 0.6 is 0 Å². The van der Waals surface area contributed by atoms with Gasteiger partial charge in [0.05, 0.1) is 12.2 Å². The molecule has 0 aliphatic heterocycles. The van der Waals surface area contributed by atoms with Crippen LogP contribution in [0.25, 0.3) is 0 Å². The second-order valence-electron chi connectivity index (χ2n) is 4.20. The van der Waals surface area contributed by atoms with Gasteiger partial charge in [-0.2, -0.15) is 0 Å². The van der Waals surface area contributed by atoms with E-state index in [1.807, 2.05) is 0 Å². The quantitative estimate of drug-likeness (QED) is 0.706. The lowest BCUT2D eigenvalue weighted by Crippen LogP contribution is -2.39. The van der Waals surface area contributed by atoms with E-state index >= 15 is 0 Å². The van der Waals surface area contributed by atoms with E-state index in [0.717, 1.165) is 6.26 Å². The van der Waals surface area contributed by atoms with Crippen LogP contribution < -0.4 is 0 Å². The molecule has 17 heavy (non-hydrogen) atoms. The summed E-state index contributed by atoms with van der Waals surface area (Å²) >= 11 is 0. The average Bonchev–Trinajstić information content (AvgIpc) is 2.12. The largest absolute Gasteiger partial charge is 0.481 e. The highest BCUT2D eigenvalue weighted by atomic mass is 32.2. The molecule has 0 spiro atoms. The van der Waals surface area contributed by atoms with E-state index in [0.29, 0.717) is 0 Å². The van der Waals surface area contributed by atoms with E-state index in [1.165, 1.54) is 4.90 Å². The zero-order valence-electron chi connectivity index (χ0n) is 10.3. The Morgan fingerprint density at radius 3 is 2.12 bits per heavy atom. The third-order valence-electron chi connectivity index (χ3n) is 2.20. The molecular formula is C10H19NO5S. The van der Waals surface area contributed by atoms with E-state index in [2.05, 4.69) is 0 Å². The number of hydrogen-bond acceptors (Lipinski definition) is 4. The Labute approximate surface area is 102 Å². The summed E-state index contributed by atoms with van der Waals surface area (Å²) in [6.45, 7) is 3.63. The molecule has 0 unspecified atom stereocenters. The molecule has 0 aromatic heterocycles. The monoisotopic (exact) mass is 265 g/mol. The number of nitrogens with zero attached hydrogens (tertiary/aromatic N) is 1. The molecule has 0 aliphatic rings. The number of aliphatic carboxylic acids is 1. The summed E-state index contributed by atoms with van der Waals surface area (Å²) in [4.78, 5) is 23.5.